The first kappa shape index (κ1) is 21.2. The van der Waals surface area contributed by atoms with Gasteiger partial charge in [0.25, 0.3) is 5.89 Å². The fourth-order valence-electron chi connectivity index (χ4n) is 3.49. The lowest BCUT2D eigenvalue weighted by Crippen LogP contribution is -2.38. The number of aryl methyl sites for hydroxylation is 1. The second kappa shape index (κ2) is 8.60. The zero-order valence-electron chi connectivity index (χ0n) is 17.5. The summed E-state index contributed by atoms with van der Waals surface area (Å²) >= 11 is 0. The van der Waals surface area contributed by atoms with Gasteiger partial charge in [0.1, 0.15) is 22.2 Å². The molecule has 0 N–H and O–H groups in total. The Labute approximate surface area is 180 Å². The second-order valence-corrected chi connectivity index (χ2v) is 9.07. The molecule has 1 aliphatic rings. The molecule has 4 rings (SSSR count). The van der Waals surface area contributed by atoms with E-state index in [1.165, 1.54) is 24.6 Å². The zero-order valence-corrected chi connectivity index (χ0v) is 18.3. The molecule has 0 amide bonds. The Morgan fingerprint density at radius 1 is 1.06 bits per heavy atom. The van der Waals surface area contributed by atoms with Gasteiger partial charge in [0, 0.05) is 37.5 Å². The minimum Gasteiger partial charge on any atom is -0.497 e. The van der Waals surface area contributed by atoms with Gasteiger partial charge >= 0.3 is 0 Å². The second-order valence-electron chi connectivity index (χ2n) is 7.16. The molecule has 0 radical (unpaired) electrons. The molecule has 0 spiro atoms. The summed E-state index contributed by atoms with van der Waals surface area (Å²) in [6.45, 7) is 2.46. The number of piperidine rings is 1. The maximum absolute atomic E-state index is 13.2. The van der Waals surface area contributed by atoms with Gasteiger partial charge in [-0.25, -0.2) is 18.4 Å². The molecular weight excluding hydrogens is 422 g/mol. The van der Waals surface area contributed by atoms with E-state index < -0.39 is 10.0 Å². The third kappa shape index (κ3) is 4.23. The number of nitrogens with zero attached hydrogens (tertiary/aromatic N) is 5. The molecule has 31 heavy (non-hydrogen) atoms. The highest BCUT2D eigenvalue weighted by Crippen LogP contribution is 2.35. The molecule has 0 atom stereocenters. The highest BCUT2D eigenvalue weighted by atomic mass is 32.2. The predicted octanol–water partition coefficient (Wildman–Crippen LogP) is 2.42. The predicted molar refractivity (Wildman–Crippen MR) is 110 cm³/mol. The number of rotatable bonds is 6. The minimum absolute atomic E-state index is 0.0220. The Bertz CT molecular complexity index is 1150. The molecule has 0 unspecified atom stereocenters. The van der Waals surface area contributed by atoms with Gasteiger partial charge < -0.3 is 13.9 Å². The van der Waals surface area contributed by atoms with Crippen LogP contribution in [0, 0.1) is 6.92 Å². The maximum Gasteiger partial charge on any atom is 0.250 e. The van der Waals surface area contributed by atoms with E-state index in [0.29, 0.717) is 54.8 Å². The Morgan fingerprint density at radius 2 is 1.77 bits per heavy atom. The fraction of sp³-hybridized carbons (Fsp3) is 0.400. The van der Waals surface area contributed by atoms with Crippen LogP contribution in [-0.4, -0.2) is 60.2 Å². The molecule has 0 saturated carbocycles. The molecule has 1 aromatic carbocycles. The fourth-order valence-corrected chi connectivity index (χ4v) is 5.13. The third-order valence-electron chi connectivity index (χ3n) is 5.26. The lowest BCUT2D eigenvalue weighted by Gasteiger charge is -2.30. The Hall–Kier alpha value is -3.05. The van der Waals surface area contributed by atoms with Crippen molar-refractivity contribution in [2.45, 2.75) is 30.6 Å². The smallest absolute Gasteiger partial charge is 0.250 e. The van der Waals surface area contributed by atoms with Crippen molar-refractivity contribution in [3.63, 3.8) is 0 Å². The van der Waals surface area contributed by atoms with Crippen LogP contribution >= 0.6 is 0 Å². The van der Waals surface area contributed by atoms with E-state index in [4.69, 9.17) is 13.9 Å². The number of hydrogen-bond acceptors (Lipinski definition) is 9. The summed E-state index contributed by atoms with van der Waals surface area (Å²) in [7, 11) is -0.805. The van der Waals surface area contributed by atoms with Gasteiger partial charge in [0.15, 0.2) is 0 Å². The SMILES string of the molecule is COc1ccc(OC)c(S(=O)(=O)N2CCC(c3nnc(-c4cnc(C)nc4)o3)CC2)c1. The first-order valence-corrected chi connectivity index (χ1v) is 11.2. The maximum atomic E-state index is 13.2. The lowest BCUT2D eigenvalue weighted by atomic mass is 9.98. The van der Waals surface area contributed by atoms with E-state index in [1.807, 2.05) is 0 Å². The molecule has 1 saturated heterocycles. The molecule has 11 heteroatoms. The number of aromatic nitrogens is 4. The largest absolute Gasteiger partial charge is 0.497 e. The summed E-state index contributed by atoms with van der Waals surface area (Å²) in [6.07, 6.45) is 4.40. The first-order valence-electron chi connectivity index (χ1n) is 9.77. The van der Waals surface area contributed by atoms with Crippen molar-refractivity contribution in [2.24, 2.45) is 0 Å². The summed E-state index contributed by atoms with van der Waals surface area (Å²) in [5.41, 5.74) is 0.648. The lowest BCUT2D eigenvalue weighted by molar-refractivity contribution is 0.290. The summed E-state index contributed by atoms with van der Waals surface area (Å²) < 4.78 is 44.1. The third-order valence-corrected chi connectivity index (χ3v) is 7.18. The topological polar surface area (TPSA) is 121 Å². The number of hydrogen-bond donors (Lipinski definition) is 0. The quantitative estimate of drug-likeness (QED) is 0.563. The van der Waals surface area contributed by atoms with E-state index in [-0.39, 0.29) is 16.6 Å². The van der Waals surface area contributed by atoms with Crippen molar-refractivity contribution < 1.29 is 22.3 Å². The summed E-state index contributed by atoms with van der Waals surface area (Å²) in [6, 6.07) is 4.73. The van der Waals surface area contributed by atoms with Crippen LogP contribution in [0.25, 0.3) is 11.5 Å². The molecule has 164 valence electrons. The Balaban J connectivity index is 1.48. The van der Waals surface area contributed by atoms with Crippen molar-refractivity contribution in [3.05, 3.63) is 42.3 Å². The Kier molecular flexibility index (Phi) is 5.88. The molecule has 3 aromatic rings. The molecule has 0 bridgehead atoms. The van der Waals surface area contributed by atoms with Crippen LogP contribution in [0.15, 0.2) is 39.9 Å². The minimum atomic E-state index is -3.74. The van der Waals surface area contributed by atoms with E-state index in [1.54, 1.807) is 31.5 Å². The standard InChI is InChI=1S/C20H23N5O5S/c1-13-21-11-15(12-22-13)20-24-23-19(30-20)14-6-8-25(9-7-14)31(26,27)18-10-16(28-2)4-5-17(18)29-3/h4-5,10-12,14H,6-9H2,1-3H3. The van der Waals surface area contributed by atoms with Crippen molar-refractivity contribution >= 4 is 10.0 Å². The van der Waals surface area contributed by atoms with E-state index in [0.717, 1.165) is 0 Å². The molecule has 1 fully saturated rings. The Morgan fingerprint density at radius 3 is 2.42 bits per heavy atom. The highest BCUT2D eigenvalue weighted by Gasteiger charge is 2.34. The molecular formula is C20H23N5O5S. The van der Waals surface area contributed by atoms with Crippen LogP contribution in [0.3, 0.4) is 0 Å². The first-order chi connectivity index (χ1) is 14.9. The van der Waals surface area contributed by atoms with Crippen LogP contribution in [-0.2, 0) is 10.0 Å². The van der Waals surface area contributed by atoms with Crippen molar-refractivity contribution in [1.29, 1.82) is 0 Å². The van der Waals surface area contributed by atoms with Gasteiger partial charge in [-0.2, -0.15) is 4.31 Å². The number of sulfonamides is 1. The molecule has 3 heterocycles. The van der Waals surface area contributed by atoms with E-state index in [2.05, 4.69) is 20.2 Å². The van der Waals surface area contributed by atoms with E-state index in [9.17, 15) is 8.42 Å². The molecule has 2 aromatic heterocycles. The normalized spacial score (nSPS) is 15.7. The highest BCUT2D eigenvalue weighted by molar-refractivity contribution is 7.89. The summed E-state index contributed by atoms with van der Waals surface area (Å²) in [5, 5.41) is 8.25. The number of methoxy groups -OCH3 is 2. The van der Waals surface area contributed by atoms with Crippen molar-refractivity contribution in [1.82, 2.24) is 24.5 Å². The van der Waals surface area contributed by atoms with Crippen LogP contribution in [0.2, 0.25) is 0 Å². The van der Waals surface area contributed by atoms with Crippen LogP contribution < -0.4 is 9.47 Å². The van der Waals surface area contributed by atoms with Crippen LogP contribution in [0.5, 0.6) is 11.5 Å². The number of benzene rings is 1. The average Bonchev–Trinajstić information content (AvgIpc) is 3.29. The van der Waals surface area contributed by atoms with Gasteiger partial charge in [-0.1, -0.05) is 0 Å². The van der Waals surface area contributed by atoms with Crippen LogP contribution in [0.1, 0.15) is 30.5 Å². The molecule has 1 aliphatic heterocycles. The summed E-state index contributed by atoms with van der Waals surface area (Å²) in [4.78, 5) is 8.37. The molecule has 0 aliphatic carbocycles. The monoisotopic (exact) mass is 445 g/mol. The van der Waals surface area contributed by atoms with Gasteiger partial charge in [-0.15, -0.1) is 10.2 Å². The zero-order chi connectivity index (χ0) is 22.0. The molecule has 10 nitrogen and oxygen atoms in total. The van der Waals surface area contributed by atoms with Gasteiger partial charge in [0.05, 0.1) is 19.8 Å². The van der Waals surface area contributed by atoms with Gasteiger partial charge in [-0.3, -0.25) is 0 Å². The van der Waals surface area contributed by atoms with Crippen molar-refractivity contribution in [3.8, 4) is 23.0 Å². The van der Waals surface area contributed by atoms with Gasteiger partial charge in [0.2, 0.25) is 15.9 Å². The number of ether oxygens (including phenoxy) is 2. The average molecular weight is 446 g/mol. The van der Waals surface area contributed by atoms with Gasteiger partial charge in [-0.05, 0) is 31.9 Å². The van der Waals surface area contributed by atoms with Crippen LogP contribution in [0.4, 0.5) is 0 Å². The van der Waals surface area contributed by atoms with E-state index >= 15 is 0 Å². The van der Waals surface area contributed by atoms with Crippen molar-refractivity contribution in [2.75, 3.05) is 27.3 Å². The summed E-state index contributed by atoms with van der Waals surface area (Å²) in [5.74, 6) is 2.21.